The Kier molecular flexibility index (Phi) is 4.71. The summed E-state index contributed by atoms with van der Waals surface area (Å²) in [6, 6.07) is 6.00. The summed E-state index contributed by atoms with van der Waals surface area (Å²) >= 11 is 9.52. The summed E-state index contributed by atoms with van der Waals surface area (Å²) in [6.45, 7) is 0.799. The van der Waals surface area contributed by atoms with E-state index in [1.165, 1.54) is 0 Å². The average Bonchev–Trinajstić information content (AvgIpc) is 2.38. The highest BCUT2D eigenvalue weighted by atomic mass is 79.9. The minimum Gasteiger partial charge on any atom is -0.496 e. The van der Waals surface area contributed by atoms with Crippen molar-refractivity contribution in [3.05, 3.63) is 28.2 Å². The monoisotopic (exact) mass is 318 g/mol. The number of hydrogen-bond acceptors (Lipinski definition) is 2. The molecule has 2 atom stereocenters. The molecule has 2 rings (SSSR count). The van der Waals surface area contributed by atoms with E-state index >= 15 is 0 Å². The van der Waals surface area contributed by atoms with Crippen molar-refractivity contribution in [1.82, 2.24) is 0 Å². The molecule has 17 heavy (non-hydrogen) atoms. The van der Waals surface area contributed by atoms with Gasteiger partial charge in [0.05, 0.1) is 13.2 Å². The second-order valence-corrected chi connectivity index (χ2v) is 5.46. The predicted molar refractivity (Wildman–Crippen MR) is 72.8 cm³/mol. The minimum atomic E-state index is 0.0497. The summed E-state index contributed by atoms with van der Waals surface area (Å²) in [6.07, 6.45) is 2.25. The van der Waals surface area contributed by atoms with Gasteiger partial charge in [-0.2, -0.15) is 0 Å². The van der Waals surface area contributed by atoms with Crippen molar-refractivity contribution in [2.45, 2.75) is 18.9 Å². The molecule has 1 aliphatic rings. The van der Waals surface area contributed by atoms with Crippen LogP contribution < -0.4 is 4.74 Å². The molecule has 1 fully saturated rings. The molecule has 4 heteroatoms. The van der Waals surface area contributed by atoms with Crippen molar-refractivity contribution in [3.8, 4) is 5.75 Å². The number of ether oxygens (including phenoxy) is 2. The van der Waals surface area contributed by atoms with Crippen LogP contribution in [0.5, 0.6) is 5.75 Å². The molecule has 0 bridgehead atoms. The van der Waals surface area contributed by atoms with E-state index < -0.39 is 0 Å². The Morgan fingerprint density at radius 2 is 2.35 bits per heavy atom. The lowest BCUT2D eigenvalue weighted by Gasteiger charge is -2.31. The third-order valence-corrected chi connectivity index (χ3v) is 4.03. The molecule has 1 aromatic rings. The second-order valence-electron chi connectivity index (χ2n) is 4.23. The molecule has 1 heterocycles. The molecule has 0 saturated carbocycles. The Labute approximate surface area is 115 Å². The van der Waals surface area contributed by atoms with Crippen LogP contribution in [0, 0.1) is 5.92 Å². The van der Waals surface area contributed by atoms with Gasteiger partial charge in [-0.25, -0.2) is 0 Å². The first-order chi connectivity index (χ1) is 8.26. The van der Waals surface area contributed by atoms with Crippen LogP contribution in [-0.4, -0.2) is 19.6 Å². The standard InChI is InChI=1S/C13H16BrClO2/c1-16-12-5-4-10(14)7-11(12)13-9(8-15)3-2-6-17-13/h4-5,7,9,13H,2-3,6,8H2,1H3. The van der Waals surface area contributed by atoms with Gasteiger partial charge < -0.3 is 9.47 Å². The van der Waals surface area contributed by atoms with Crippen LogP contribution in [0.1, 0.15) is 24.5 Å². The van der Waals surface area contributed by atoms with Gasteiger partial charge in [-0.1, -0.05) is 15.9 Å². The summed E-state index contributed by atoms with van der Waals surface area (Å²) < 4.78 is 12.3. The van der Waals surface area contributed by atoms with Gasteiger partial charge in [0.1, 0.15) is 5.75 Å². The summed E-state index contributed by atoms with van der Waals surface area (Å²) in [4.78, 5) is 0. The topological polar surface area (TPSA) is 18.5 Å². The average molecular weight is 320 g/mol. The fourth-order valence-electron chi connectivity index (χ4n) is 2.27. The number of alkyl halides is 1. The zero-order valence-corrected chi connectivity index (χ0v) is 12.1. The molecule has 0 radical (unpaired) electrons. The zero-order valence-electron chi connectivity index (χ0n) is 9.79. The van der Waals surface area contributed by atoms with E-state index in [0.717, 1.165) is 35.2 Å². The maximum Gasteiger partial charge on any atom is 0.124 e. The van der Waals surface area contributed by atoms with Crippen molar-refractivity contribution >= 4 is 27.5 Å². The quantitative estimate of drug-likeness (QED) is 0.779. The van der Waals surface area contributed by atoms with E-state index in [4.69, 9.17) is 21.1 Å². The Morgan fingerprint density at radius 3 is 3.06 bits per heavy atom. The molecule has 0 N–H and O–H groups in total. The lowest BCUT2D eigenvalue weighted by Crippen LogP contribution is -2.24. The Morgan fingerprint density at radius 1 is 1.53 bits per heavy atom. The van der Waals surface area contributed by atoms with Crippen LogP contribution in [0.3, 0.4) is 0 Å². The summed E-state index contributed by atoms with van der Waals surface area (Å²) in [7, 11) is 1.69. The third-order valence-electron chi connectivity index (χ3n) is 3.14. The second kappa shape index (κ2) is 6.07. The predicted octanol–water partition coefficient (Wildman–Crippen LogP) is 4.16. The Balaban J connectivity index is 2.33. The van der Waals surface area contributed by atoms with Gasteiger partial charge in [-0.05, 0) is 31.0 Å². The fourth-order valence-corrected chi connectivity index (χ4v) is 2.97. The van der Waals surface area contributed by atoms with Crippen LogP contribution in [0.4, 0.5) is 0 Å². The van der Waals surface area contributed by atoms with Gasteiger partial charge >= 0.3 is 0 Å². The van der Waals surface area contributed by atoms with Gasteiger partial charge in [0.15, 0.2) is 0 Å². The van der Waals surface area contributed by atoms with Gasteiger partial charge in [0.25, 0.3) is 0 Å². The molecule has 2 unspecified atom stereocenters. The van der Waals surface area contributed by atoms with Crippen LogP contribution in [0.15, 0.2) is 22.7 Å². The van der Waals surface area contributed by atoms with Crippen molar-refractivity contribution in [2.24, 2.45) is 5.92 Å². The van der Waals surface area contributed by atoms with Gasteiger partial charge in [-0.15, -0.1) is 11.6 Å². The first-order valence-corrected chi connectivity index (χ1v) is 7.10. The molecule has 0 amide bonds. The molecule has 1 saturated heterocycles. The van der Waals surface area contributed by atoms with Gasteiger partial charge in [0, 0.05) is 28.4 Å². The van der Waals surface area contributed by atoms with Gasteiger partial charge in [-0.3, -0.25) is 0 Å². The normalized spacial score (nSPS) is 24.6. The first-order valence-electron chi connectivity index (χ1n) is 5.77. The fraction of sp³-hybridized carbons (Fsp3) is 0.538. The lowest BCUT2D eigenvalue weighted by atomic mass is 9.90. The maximum atomic E-state index is 6.03. The molecule has 0 aliphatic carbocycles. The van der Waals surface area contributed by atoms with Crippen LogP contribution in [-0.2, 0) is 4.74 Å². The van der Waals surface area contributed by atoms with E-state index in [-0.39, 0.29) is 6.10 Å². The highest BCUT2D eigenvalue weighted by Gasteiger charge is 2.29. The molecule has 0 spiro atoms. The molecule has 2 nitrogen and oxygen atoms in total. The minimum absolute atomic E-state index is 0.0497. The van der Waals surface area contributed by atoms with Crippen molar-refractivity contribution < 1.29 is 9.47 Å². The van der Waals surface area contributed by atoms with Crippen molar-refractivity contribution in [2.75, 3.05) is 19.6 Å². The Hall–Kier alpha value is -0.250. The van der Waals surface area contributed by atoms with E-state index in [1.807, 2.05) is 12.1 Å². The van der Waals surface area contributed by atoms with Crippen LogP contribution in [0.2, 0.25) is 0 Å². The van der Waals surface area contributed by atoms with E-state index in [0.29, 0.717) is 11.8 Å². The Bertz CT molecular complexity index is 384. The van der Waals surface area contributed by atoms with Crippen molar-refractivity contribution in [3.63, 3.8) is 0 Å². The van der Waals surface area contributed by atoms with Gasteiger partial charge in [0.2, 0.25) is 0 Å². The molecule has 0 aromatic heterocycles. The number of benzene rings is 1. The SMILES string of the molecule is COc1ccc(Br)cc1C1OCCCC1CCl. The molecule has 1 aliphatic heterocycles. The summed E-state index contributed by atoms with van der Waals surface area (Å²) in [5.41, 5.74) is 1.09. The van der Waals surface area contributed by atoms with Crippen molar-refractivity contribution in [1.29, 1.82) is 0 Å². The summed E-state index contributed by atoms with van der Waals surface area (Å²) in [5, 5.41) is 0. The number of hydrogen-bond donors (Lipinski definition) is 0. The van der Waals surface area contributed by atoms with Crippen LogP contribution >= 0.6 is 27.5 Å². The number of halogens is 2. The first kappa shape index (κ1) is 13.2. The molecular formula is C13H16BrClO2. The maximum absolute atomic E-state index is 6.03. The highest BCUT2D eigenvalue weighted by molar-refractivity contribution is 9.10. The number of methoxy groups -OCH3 is 1. The molecule has 94 valence electrons. The van der Waals surface area contributed by atoms with Crippen LogP contribution in [0.25, 0.3) is 0 Å². The van der Waals surface area contributed by atoms with E-state index in [9.17, 15) is 0 Å². The van der Waals surface area contributed by atoms with E-state index in [2.05, 4.69) is 22.0 Å². The third kappa shape index (κ3) is 2.95. The lowest BCUT2D eigenvalue weighted by molar-refractivity contribution is -0.0220. The smallest absolute Gasteiger partial charge is 0.124 e. The zero-order chi connectivity index (χ0) is 12.3. The number of rotatable bonds is 3. The highest BCUT2D eigenvalue weighted by Crippen LogP contribution is 2.39. The molecular weight excluding hydrogens is 303 g/mol. The summed E-state index contributed by atoms with van der Waals surface area (Å²) in [5.74, 6) is 1.86. The molecule has 1 aromatic carbocycles. The largest absolute Gasteiger partial charge is 0.496 e. The van der Waals surface area contributed by atoms with E-state index in [1.54, 1.807) is 7.11 Å².